The lowest BCUT2D eigenvalue weighted by molar-refractivity contribution is -0.119. The maximum absolute atomic E-state index is 12.7. The number of pyridine rings is 1. The highest BCUT2D eigenvalue weighted by atomic mass is 32.1. The number of carbonyl (C=O) groups is 2. The van der Waals surface area contributed by atoms with Crippen LogP contribution in [0.4, 0.5) is 5.69 Å². The predicted molar refractivity (Wildman–Crippen MR) is 109 cm³/mol. The lowest BCUT2D eigenvalue weighted by Crippen LogP contribution is -2.31. The first-order chi connectivity index (χ1) is 13.6. The van der Waals surface area contributed by atoms with E-state index in [1.54, 1.807) is 29.7 Å². The van der Waals surface area contributed by atoms with Crippen LogP contribution in [0.2, 0.25) is 0 Å². The third-order valence-electron chi connectivity index (χ3n) is 3.99. The average Bonchev–Trinajstić information content (AvgIpc) is 3.23. The molecule has 0 saturated carbocycles. The van der Waals surface area contributed by atoms with Crippen LogP contribution < -0.4 is 21.5 Å². The summed E-state index contributed by atoms with van der Waals surface area (Å²) >= 11 is 1.56. The third kappa shape index (κ3) is 4.55. The number of hydrogen-bond donors (Lipinski definition) is 3. The van der Waals surface area contributed by atoms with E-state index < -0.39 is 0 Å². The van der Waals surface area contributed by atoms with Gasteiger partial charge in [-0.1, -0.05) is 13.0 Å². The van der Waals surface area contributed by atoms with Crippen LogP contribution in [0.15, 0.2) is 46.8 Å². The monoisotopic (exact) mass is 399 g/mol. The molecule has 146 valence electrons. The van der Waals surface area contributed by atoms with E-state index in [-0.39, 0.29) is 35.3 Å². The quantitative estimate of drug-likeness (QED) is 0.534. The highest BCUT2D eigenvalue weighted by Gasteiger charge is 2.13. The van der Waals surface area contributed by atoms with Gasteiger partial charge in [-0.25, -0.2) is 4.98 Å². The van der Waals surface area contributed by atoms with E-state index in [2.05, 4.69) is 20.9 Å². The normalized spacial score (nSPS) is 10.6. The van der Waals surface area contributed by atoms with Gasteiger partial charge in [0.15, 0.2) is 5.65 Å². The Hall–Kier alpha value is -3.20. The minimum atomic E-state index is -0.374. The number of amides is 2. The number of fused-ring (bicyclic) bond motifs is 1. The van der Waals surface area contributed by atoms with Crippen LogP contribution in [0.3, 0.4) is 0 Å². The van der Waals surface area contributed by atoms with Crippen LogP contribution >= 0.6 is 11.3 Å². The van der Waals surface area contributed by atoms with Crippen molar-refractivity contribution >= 4 is 34.5 Å². The first-order valence-electron chi connectivity index (χ1n) is 8.91. The lowest BCUT2D eigenvalue weighted by Gasteiger charge is -2.10. The molecule has 0 aliphatic heterocycles. The zero-order valence-corrected chi connectivity index (χ0v) is 16.2. The fourth-order valence-corrected chi connectivity index (χ4v) is 3.22. The second-order valence-electron chi connectivity index (χ2n) is 6.06. The molecule has 3 aromatic heterocycles. The van der Waals surface area contributed by atoms with E-state index in [9.17, 15) is 14.4 Å². The van der Waals surface area contributed by atoms with Crippen molar-refractivity contribution in [1.29, 1.82) is 0 Å². The van der Waals surface area contributed by atoms with Crippen LogP contribution in [-0.2, 0) is 11.3 Å². The van der Waals surface area contributed by atoms with Gasteiger partial charge in [0.1, 0.15) is 5.69 Å². The summed E-state index contributed by atoms with van der Waals surface area (Å²) in [7, 11) is 0. The molecule has 0 fully saturated rings. The summed E-state index contributed by atoms with van der Waals surface area (Å²) in [6.07, 6.45) is 3.70. The highest BCUT2D eigenvalue weighted by Crippen LogP contribution is 2.09. The smallest absolute Gasteiger partial charge is 0.281 e. The molecule has 2 amide bonds. The summed E-state index contributed by atoms with van der Waals surface area (Å²) in [6, 6.07) is 7.10. The molecule has 0 aliphatic rings. The van der Waals surface area contributed by atoms with E-state index in [1.807, 2.05) is 24.4 Å². The largest absolute Gasteiger partial charge is 0.370 e. The topological polar surface area (TPSA) is 105 Å². The summed E-state index contributed by atoms with van der Waals surface area (Å²) in [5, 5.41) is 10.3. The van der Waals surface area contributed by atoms with Gasteiger partial charge < -0.3 is 16.0 Å². The van der Waals surface area contributed by atoms with Gasteiger partial charge in [-0.2, -0.15) is 0 Å². The number of aromatic nitrogens is 2. The van der Waals surface area contributed by atoms with Gasteiger partial charge >= 0.3 is 0 Å². The summed E-state index contributed by atoms with van der Waals surface area (Å²) in [5.74, 6) is -0.508. The number of thiophene rings is 1. The first kappa shape index (κ1) is 19.6. The molecular formula is C19H21N5O3S. The molecule has 3 aromatic rings. The number of rotatable bonds is 8. The Morgan fingerprint density at radius 3 is 2.82 bits per heavy atom. The molecule has 0 saturated heterocycles. The molecule has 0 atom stereocenters. The number of hydrogen-bond acceptors (Lipinski definition) is 6. The molecule has 0 aromatic carbocycles. The van der Waals surface area contributed by atoms with Gasteiger partial charge in [0.05, 0.1) is 24.8 Å². The second-order valence-corrected chi connectivity index (χ2v) is 7.09. The zero-order valence-electron chi connectivity index (χ0n) is 15.4. The zero-order chi connectivity index (χ0) is 19.9. The average molecular weight is 399 g/mol. The van der Waals surface area contributed by atoms with Gasteiger partial charge in [-0.05, 0) is 30.0 Å². The molecular weight excluding hydrogens is 378 g/mol. The standard InChI is InChI=1S/C19H21N5O3S/c1-2-7-20-18(26)14-6-3-8-24-17(14)23-11-15(19(24)27)21-12-16(25)22-10-13-5-4-9-28-13/h3-6,8-9,11,21H,2,7,10,12H2,1H3,(H,20,26)(H,22,25). The van der Waals surface area contributed by atoms with Crippen molar-refractivity contribution in [2.24, 2.45) is 0 Å². The summed E-state index contributed by atoms with van der Waals surface area (Å²) in [6.45, 7) is 2.90. The molecule has 0 radical (unpaired) electrons. The molecule has 28 heavy (non-hydrogen) atoms. The van der Waals surface area contributed by atoms with Crippen LogP contribution in [-0.4, -0.2) is 34.3 Å². The molecule has 3 rings (SSSR count). The first-order valence-corrected chi connectivity index (χ1v) is 9.79. The summed E-state index contributed by atoms with van der Waals surface area (Å²) in [5.41, 5.74) is 0.415. The Balaban J connectivity index is 1.71. The van der Waals surface area contributed by atoms with Crippen molar-refractivity contribution in [2.45, 2.75) is 19.9 Å². The number of anilines is 1. The van der Waals surface area contributed by atoms with Gasteiger partial charge in [0.25, 0.3) is 11.5 Å². The van der Waals surface area contributed by atoms with Crippen LogP contribution in [0, 0.1) is 0 Å². The molecule has 0 spiro atoms. The fourth-order valence-electron chi connectivity index (χ4n) is 2.58. The molecule has 3 heterocycles. The van der Waals surface area contributed by atoms with Gasteiger partial charge in [0.2, 0.25) is 5.91 Å². The van der Waals surface area contributed by atoms with Crippen molar-refractivity contribution in [3.63, 3.8) is 0 Å². The fraction of sp³-hybridized carbons (Fsp3) is 0.263. The maximum atomic E-state index is 12.7. The molecule has 0 aliphatic carbocycles. The van der Waals surface area contributed by atoms with Crippen LogP contribution in [0.25, 0.3) is 5.65 Å². The summed E-state index contributed by atoms with van der Waals surface area (Å²) < 4.78 is 1.30. The minimum Gasteiger partial charge on any atom is -0.370 e. The van der Waals surface area contributed by atoms with Gasteiger partial charge in [-0.3, -0.25) is 18.8 Å². The number of carbonyl (C=O) groups excluding carboxylic acids is 2. The second kappa shape index (κ2) is 9.14. The van der Waals surface area contributed by atoms with E-state index in [0.29, 0.717) is 18.7 Å². The van der Waals surface area contributed by atoms with E-state index in [1.165, 1.54) is 10.6 Å². The van der Waals surface area contributed by atoms with Crippen molar-refractivity contribution in [3.8, 4) is 0 Å². The van der Waals surface area contributed by atoms with E-state index in [4.69, 9.17) is 0 Å². The number of nitrogens with zero attached hydrogens (tertiary/aromatic N) is 2. The minimum absolute atomic E-state index is 0.0506. The van der Waals surface area contributed by atoms with E-state index in [0.717, 1.165) is 11.3 Å². The molecule has 8 nitrogen and oxygen atoms in total. The highest BCUT2D eigenvalue weighted by molar-refractivity contribution is 7.09. The predicted octanol–water partition coefficient (Wildman–Crippen LogP) is 1.62. The Labute approximate surface area is 165 Å². The van der Waals surface area contributed by atoms with Crippen molar-refractivity contribution in [1.82, 2.24) is 20.0 Å². The Kier molecular flexibility index (Phi) is 6.38. The maximum Gasteiger partial charge on any atom is 0.281 e. The molecule has 3 N–H and O–H groups in total. The van der Waals surface area contributed by atoms with Crippen molar-refractivity contribution in [2.75, 3.05) is 18.4 Å². The van der Waals surface area contributed by atoms with Crippen molar-refractivity contribution in [3.05, 3.63) is 62.8 Å². The molecule has 0 bridgehead atoms. The Bertz CT molecular complexity index is 1030. The van der Waals surface area contributed by atoms with Crippen LogP contribution in [0.1, 0.15) is 28.6 Å². The van der Waals surface area contributed by atoms with Gasteiger partial charge in [0, 0.05) is 17.6 Å². The summed E-state index contributed by atoms with van der Waals surface area (Å²) in [4.78, 5) is 42.2. The van der Waals surface area contributed by atoms with Crippen molar-refractivity contribution < 1.29 is 9.59 Å². The Morgan fingerprint density at radius 1 is 1.21 bits per heavy atom. The number of nitrogens with one attached hydrogen (secondary N) is 3. The SMILES string of the molecule is CCCNC(=O)c1cccn2c(=O)c(NCC(=O)NCc3cccs3)cnc12. The van der Waals surface area contributed by atoms with E-state index >= 15 is 0 Å². The van der Waals surface area contributed by atoms with Gasteiger partial charge in [-0.15, -0.1) is 11.3 Å². The molecule has 9 heteroatoms. The van der Waals surface area contributed by atoms with Crippen LogP contribution in [0.5, 0.6) is 0 Å². The third-order valence-corrected chi connectivity index (χ3v) is 4.87. The lowest BCUT2D eigenvalue weighted by atomic mass is 10.2. The Morgan fingerprint density at radius 2 is 2.07 bits per heavy atom. The molecule has 0 unspecified atom stereocenters.